The maximum atomic E-state index is 12.1. The summed E-state index contributed by atoms with van der Waals surface area (Å²) in [5.74, 6) is -0.381. The molecule has 1 amide bonds. The van der Waals surface area contributed by atoms with Crippen LogP contribution in [-0.2, 0) is 0 Å². The molecule has 0 fully saturated rings. The average molecular weight is 263 g/mol. The summed E-state index contributed by atoms with van der Waals surface area (Å²) in [7, 11) is 0. The third kappa shape index (κ3) is 2.10. The normalized spacial score (nSPS) is 10.2. The number of anilines is 1. The first-order valence-electron chi connectivity index (χ1n) is 5.92. The summed E-state index contributed by atoms with van der Waals surface area (Å²) in [5.41, 5.74) is 1.67. The number of carbonyl (C=O) groups is 1. The van der Waals surface area contributed by atoms with Gasteiger partial charge in [-0.25, -0.2) is 4.98 Å². The van der Waals surface area contributed by atoms with Crippen molar-refractivity contribution in [3.8, 4) is 6.07 Å². The van der Waals surface area contributed by atoms with E-state index >= 15 is 0 Å². The van der Waals surface area contributed by atoms with Crippen LogP contribution in [0.15, 0.2) is 53.1 Å². The zero-order chi connectivity index (χ0) is 13.9. The number of nitrogens with zero attached hydrogens (tertiary/aromatic N) is 2. The van der Waals surface area contributed by atoms with Gasteiger partial charge >= 0.3 is 0 Å². The van der Waals surface area contributed by atoms with Gasteiger partial charge in [0, 0.05) is 5.39 Å². The van der Waals surface area contributed by atoms with Crippen LogP contribution in [0.4, 0.5) is 5.69 Å². The fourth-order valence-electron chi connectivity index (χ4n) is 1.88. The molecule has 3 rings (SSSR count). The van der Waals surface area contributed by atoms with Crippen LogP contribution in [-0.4, -0.2) is 10.9 Å². The minimum atomic E-state index is -0.381. The minimum absolute atomic E-state index is 0.189. The van der Waals surface area contributed by atoms with Crippen molar-refractivity contribution < 1.29 is 9.21 Å². The number of aromatic nitrogens is 1. The molecule has 2 aromatic heterocycles. The van der Waals surface area contributed by atoms with Gasteiger partial charge in [0.05, 0.1) is 5.69 Å². The van der Waals surface area contributed by atoms with Gasteiger partial charge < -0.3 is 9.73 Å². The van der Waals surface area contributed by atoms with Gasteiger partial charge in [0.15, 0.2) is 0 Å². The Morgan fingerprint density at radius 2 is 2.05 bits per heavy atom. The molecule has 1 N–H and O–H groups in total. The van der Waals surface area contributed by atoms with Crippen LogP contribution in [0.25, 0.3) is 11.0 Å². The molecule has 5 nitrogen and oxygen atoms in total. The largest absolute Gasteiger partial charge is 0.462 e. The number of rotatable bonds is 2. The lowest BCUT2D eigenvalue weighted by atomic mass is 10.2. The highest BCUT2D eigenvalue weighted by atomic mass is 16.3. The number of nitrogens with one attached hydrogen (secondary N) is 1. The van der Waals surface area contributed by atoms with E-state index in [0.717, 1.165) is 5.39 Å². The maximum Gasteiger partial charge on any atom is 0.274 e. The van der Waals surface area contributed by atoms with Gasteiger partial charge in [0.1, 0.15) is 29.3 Å². The smallest absolute Gasteiger partial charge is 0.274 e. The number of furan rings is 1. The molecule has 0 atom stereocenters. The van der Waals surface area contributed by atoms with E-state index in [9.17, 15) is 4.79 Å². The fraction of sp³-hybridized carbons (Fsp3) is 0. The van der Waals surface area contributed by atoms with Crippen molar-refractivity contribution in [2.75, 3.05) is 5.32 Å². The van der Waals surface area contributed by atoms with Crippen LogP contribution < -0.4 is 5.32 Å². The van der Waals surface area contributed by atoms with Crippen molar-refractivity contribution in [3.63, 3.8) is 0 Å². The number of pyridine rings is 1. The number of hydrogen-bond acceptors (Lipinski definition) is 4. The van der Waals surface area contributed by atoms with Crippen LogP contribution in [0.3, 0.4) is 0 Å². The Hall–Kier alpha value is -3.13. The summed E-state index contributed by atoms with van der Waals surface area (Å²) < 4.78 is 5.34. The first-order chi connectivity index (χ1) is 9.78. The number of carbonyl (C=O) groups excluding carboxylic acids is 1. The van der Waals surface area contributed by atoms with E-state index in [2.05, 4.69) is 10.3 Å². The number of amides is 1. The van der Waals surface area contributed by atoms with Crippen LogP contribution in [0.2, 0.25) is 0 Å². The highest BCUT2D eigenvalue weighted by Crippen LogP contribution is 2.25. The second-order valence-electron chi connectivity index (χ2n) is 4.12. The fourth-order valence-corrected chi connectivity index (χ4v) is 1.88. The molecule has 0 aliphatic carbocycles. The van der Waals surface area contributed by atoms with E-state index in [1.807, 2.05) is 30.3 Å². The second-order valence-corrected chi connectivity index (χ2v) is 4.12. The van der Waals surface area contributed by atoms with Gasteiger partial charge in [0.2, 0.25) is 0 Å². The predicted octanol–water partition coefficient (Wildman–Crippen LogP) is 2.95. The molecule has 2 heterocycles. The number of nitriles is 1. The van der Waals surface area contributed by atoms with Crippen LogP contribution >= 0.6 is 0 Å². The number of hydrogen-bond donors (Lipinski definition) is 1. The van der Waals surface area contributed by atoms with Crippen molar-refractivity contribution in [2.24, 2.45) is 0 Å². The Morgan fingerprint density at radius 3 is 2.90 bits per heavy atom. The highest BCUT2D eigenvalue weighted by Gasteiger charge is 2.12. The van der Waals surface area contributed by atoms with E-state index in [1.54, 1.807) is 18.2 Å². The summed E-state index contributed by atoms with van der Waals surface area (Å²) in [6.07, 6.45) is 1.48. The third-order valence-corrected chi connectivity index (χ3v) is 2.83. The van der Waals surface area contributed by atoms with E-state index < -0.39 is 0 Å². The van der Waals surface area contributed by atoms with Crippen molar-refractivity contribution in [2.45, 2.75) is 0 Å². The van der Waals surface area contributed by atoms with E-state index in [0.29, 0.717) is 11.3 Å². The highest BCUT2D eigenvalue weighted by molar-refractivity contribution is 6.07. The zero-order valence-electron chi connectivity index (χ0n) is 10.3. The molecule has 0 bridgehead atoms. The summed E-state index contributed by atoms with van der Waals surface area (Å²) in [4.78, 5) is 16.0. The zero-order valence-corrected chi connectivity index (χ0v) is 10.3. The van der Waals surface area contributed by atoms with E-state index in [4.69, 9.17) is 9.68 Å². The Morgan fingerprint density at radius 1 is 1.20 bits per heavy atom. The quantitative estimate of drug-likeness (QED) is 0.770. The lowest BCUT2D eigenvalue weighted by Gasteiger charge is -2.02. The molecule has 0 saturated heterocycles. The third-order valence-electron chi connectivity index (χ3n) is 2.83. The van der Waals surface area contributed by atoms with Crippen molar-refractivity contribution in [1.82, 2.24) is 4.98 Å². The summed E-state index contributed by atoms with van der Waals surface area (Å²) in [6.45, 7) is 0. The summed E-state index contributed by atoms with van der Waals surface area (Å²) in [5, 5.41) is 12.3. The Kier molecular flexibility index (Phi) is 2.90. The molecule has 3 aromatic rings. The summed E-state index contributed by atoms with van der Waals surface area (Å²) >= 11 is 0. The van der Waals surface area contributed by atoms with E-state index in [-0.39, 0.29) is 17.3 Å². The molecule has 0 aliphatic heterocycles. The van der Waals surface area contributed by atoms with Crippen molar-refractivity contribution >= 4 is 22.6 Å². The van der Waals surface area contributed by atoms with Crippen LogP contribution in [0.1, 0.15) is 16.2 Å². The molecule has 96 valence electrons. The second kappa shape index (κ2) is 4.86. The molecule has 0 spiro atoms. The topological polar surface area (TPSA) is 78.9 Å². The molecule has 0 aliphatic rings. The molecule has 0 radical (unpaired) electrons. The molecular weight excluding hydrogens is 254 g/mol. The van der Waals surface area contributed by atoms with Gasteiger partial charge in [-0.15, -0.1) is 0 Å². The number of fused-ring (bicyclic) bond motifs is 1. The number of para-hydroxylation sites is 1. The Bertz CT molecular complexity index is 830. The SMILES string of the molecule is N#Cc1cccc(C(=O)Nc2coc3ccccc23)n1. The first-order valence-corrected chi connectivity index (χ1v) is 5.92. The lowest BCUT2D eigenvalue weighted by Crippen LogP contribution is -2.13. The van der Waals surface area contributed by atoms with Crippen molar-refractivity contribution in [1.29, 1.82) is 5.26 Å². The monoisotopic (exact) mass is 263 g/mol. The van der Waals surface area contributed by atoms with Crippen molar-refractivity contribution in [3.05, 3.63) is 60.1 Å². The Labute approximate surface area is 114 Å². The van der Waals surface area contributed by atoms with Crippen LogP contribution in [0.5, 0.6) is 0 Å². The standard InChI is InChI=1S/C15H9N3O2/c16-8-10-4-3-6-12(17-10)15(19)18-13-9-20-14-7-2-1-5-11(13)14/h1-7,9H,(H,18,19). The molecule has 0 saturated carbocycles. The maximum absolute atomic E-state index is 12.1. The predicted molar refractivity (Wildman–Crippen MR) is 73.1 cm³/mol. The van der Waals surface area contributed by atoms with E-state index in [1.165, 1.54) is 6.26 Å². The van der Waals surface area contributed by atoms with Gasteiger partial charge in [0.25, 0.3) is 5.91 Å². The van der Waals surface area contributed by atoms with Gasteiger partial charge in [-0.2, -0.15) is 5.26 Å². The average Bonchev–Trinajstić information content (AvgIpc) is 2.90. The van der Waals surface area contributed by atoms with Crippen LogP contribution in [0, 0.1) is 11.3 Å². The lowest BCUT2D eigenvalue weighted by molar-refractivity contribution is 0.102. The van der Waals surface area contributed by atoms with Gasteiger partial charge in [-0.3, -0.25) is 4.79 Å². The minimum Gasteiger partial charge on any atom is -0.462 e. The number of benzene rings is 1. The molecule has 20 heavy (non-hydrogen) atoms. The summed E-state index contributed by atoms with van der Waals surface area (Å²) in [6, 6.07) is 14.0. The first kappa shape index (κ1) is 11.9. The molecule has 5 heteroatoms. The molecular formula is C15H9N3O2. The van der Waals surface area contributed by atoms with Gasteiger partial charge in [-0.05, 0) is 24.3 Å². The van der Waals surface area contributed by atoms with Gasteiger partial charge in [-0.1, -0.05) is 18.2 Å². The molecule has 1 aromatic carbocycles. The Balaban J connectivity index is 1.91. The molecule has 0 unspecified atom stereocenters.